The van der Waals surface area contributed by atoms with E-state index in [9.17, 15) is 5.11 Å². The zero-order valence-corrected chi connectivity index (χ0v) is 12.2. The van der Waals surface area contributed by atoms with E-state index in [0.29, 0.717) is 12.6 Å². The molecule has 3 unspecified atom stereocenters. The summed E-state index contributed by atoms with van der Waals surface area (Å²) in [7, 11) is 0. The second-order valence-corrected chi connectivity index (χ2v) is 6.33. The normalized spacial score (nSPS) is 27.5. The Morgan fingerprint density at radius 2 is 1.89 bits per heavy atom. The number of hydrogen-bond acceptors (Lipinski definition) is 2. The van der Waals surface area contributed by atoms with Gasteiger partial charge in [-0.05, 0) is 37.7 Å². The zero-order chi connectivity index (χ0) is 13.7. The average molecular weight is 261 g/mol. The van der Waals surface area contributed by atoms with Crippen LogP contribution < -0.4 is 5.32 Å². The van der Waals surface area contributed by atoms with Gasteiger partial charge in [-0.1, -0.05) is 50.1 Å². The van der Waals surface area contributed by atoms with E-state index in [1.165, 1.54) is 32.1 Å². The average Bonchev–Trinajstić information content (AvgIpc) is 2.62. The summed E-state index contributed by atoms with van der Waals surface area (Å²) in [6.07, 6.45) is 6.46. The molecule has 0 radical (unpaired) electrons. The minimum absolute atomic E-state index is 0.570. The van der Waals surface area contributed by atoms with Crippen LogP contribution in [0.15, 0.2) is 30.3 Å². The van der Waals surface area contributed by atoms with Gasteiger partial charge in [0.05, 0.1) is 5.60 Å². The molecule has 2 N–H and O–H groups in total. The highest BCUT2D eigenvalue weighted by molar-refractivity contribution is 5.21. The molecule has 1 aromatic rings. The minimum Gasteiger partial charge on any atom is -0.384 e. The van der Waals surface area contributed by atoms with E-state index in [0.717, 1.165) is 11.5 Å². The predicted octanol–water partition coefficient (Wildman–Crippen LogP) is 3.45. The second-order valence-electron chi connectivity index (χ2n) is 6.33. The summed E-state index contributed by atoms with van der Waals surface area (Å²) in [6.45, 7) is 4.88. The molecule has 0 aliphatic heterocycles. The highest BCUT2D eigenvalue weighted by atomic mass is 16.3. The van der Waals surface area contributed by atoms with Crippen molar-refractivity contribution in [3.63, 3.8) is 0 Å². The lowest BCUT2D eigenvalue weighted by molar-refractivity contribution is 0.0531. The maximum absolute atomic E-state index is 10.6. The molecule has 0 heterocycles. The van der Waals surface area contributed by atoms with Gasteiger partial charge in [0.1, 0.15) is 0 Å². The van der Waals surface area contributed by atoms with Gasteiger partial charge in [0.2, 0.25) is 0 Å². The van der Waals surface area contributed by atoms with Crippen LogP contribution in [0.3, 0.4) is 0 Å². The van der Waals surface area contributed by atoms with Crippen molar-refractivity contribution >= 4 is 0 Å². The number of rotatable bonds is 4. The van der Waals surface area contributed by atoms with Crippen LogP contribution in [-0.4, -0.2) is 17.7 Å². The Labute approximate surface area is 117 Å². The van der Waals surface area contributed by atoms with Gasteiger partial charge in [0.25, 0.3) is 0 Å². The lowest BCUT2D eigenvalue weighted by Crippen LogP contribution is -2.40. The molecule has 0 aromatic heterocycles. The van der Waals surface area contributed by atoms with Crippen LogP contribution in [0, 0.1) is 5.92 Å². The molecule has 0 amide bonds. The first-order valence-corrected chi connectivity index (χ1v) is 7.59. The third-order valence-electron chi connectivity index (χ3n) is 4.39. The molecule has 1 saturated carbocycles. The van der Waals surface area contributed by atoms with Crippen LogP contribution in [-0.2, 0) is 5.60 Å². The van der Waals surface area contributed by atoms with E-state index in [4.69, 9.17) is 0 Å². The smallest absolute Gasteiger partial charge is 0.0992 e. The van der Waals surface area contributed by atoms with Gasteiger partial charge >= 0.3 is 0 Å². The Hall–Kier alpha value is -0.860. The third kappa shape index (κ3) is 4.32. The molecule has 1 aromatic carbocycles. The molecule has 0 bridgehead atoms. The van der Waals surface area contributed by atoms with Crippen LogP contribution in [0.2, 0.25) is 0 Å². The molecule has 0 spiro atoms. The van der Waals surface area contributed by atoms with Crippen LogP contribution in [0.5, 0.6) is 0 Å². The first-order chi connectivity index (χ1) is 9.08. The van der Waals surface area contributed by atoms with E-state index in [1.807, 2.05) is 37.3 Å². The molecular weight excluding hydrogens is 234 g/mol. The lowest BCUT2D eigenvalue weighted by atomic mass is 9.95. The van der Waals surface area contributed by atoms with Gasteiger partial charge in [-0.25, -0.2) is 0 Å². The summed E-state index contributed by atoms with van der Waals surface area (Å²) >= 11 is 0. The Morgan fingerprint density at radius 1 is 1.16 bits per heavy atom. The van der Waals surface area contributed by atoms with Gasteiger partial charge in [0, 0.05) is 12.6 Å². The van der Waals surface area contributed by atoms with Crippen molar-refractivity contribution in [1.82, 2.24) is 5.32 Å². The molecular formula is C17H27NO. The van der Waals surface area contributed by atoms with Gasteiger partial charge in [-0.15, -0.1) is 0 Å². The standard InChI is InChI=1S/C17H27NO/c1-14-7-6-10-16(12-11-14)18-13-17(2,19)15-8-4-3-5-9-15/h3-5,8-9,14,16,18-19H,6-7,10-13H2,1-2H3. The molecule has 0 saturated heterocycles. The number of hydrogen-bond donors (Lipinski definition) is 2. The maximum atomic E-state index is 10.6. The lowest BCUT2D eigenvalue weighted by Gasteiger charge is -2.27. The number of nitrogens with one attached hydrogen (secondary N) is 1. The van der Waals surface area contributed by atoms with Crippen LogP contribution in [0.25, 0.3) is 0 Å². The Balaban J connectivity index is 1.87. The van der Waals surface area contributed by atoms with E-state index in [1.54, 1.807) is 0 Å². The van der Waals surface area contributed by atoms with Crippen molar-refractivity contribution in [2.75, 3.05) is 6.54 Å². The molecule has 2 rings (SSSR count). The van der Waals surface area contributed by atoms with E-state index in [2.05, 4.69) is 12.2 Å². The molecule has 1 aliphatic carbocycles. The summed E-state index contributed by atoms with van der Waals surface area (Å²) in [5.41, 5.74) is 0.212. The first kappa shape index (κ1) is 14.5. The van der Waals surface area contributed by atoms with Crippen molar-refractivity contribution < 1.29 is 5.11 Å². The monoisotopic (exact) mass is 261 g/mol. The second kappa shape index (κ2) is 6.53. The highest BCUT2D eigenvalue weighted by Crippen LogP contribution is 2.24. The van der Waals surface area contributed by atoms with Crippen molar-refractivity contribution in [1.29, 1.82) is 0 Å². The van der Waals surface area contributed by atoms with Crippen LogP contribution >= 0.6 is 0 Å². The quantitative estimate of drug-likeness (QED) is 0.814. The van der Waals surface area contributed by atoms with Gasteiger partial charge in [-0.3, -0.25) is 0 Å². The van der Waals surface area contributed by atoms with Crippen molar-refractivity contribution in [2.45, 2.75) is 57.6 Å². The Bertz CT molecular complexity index is 374. The SMILES string of the molecule is CC1CCCC(NCC(C)(O)c2ccccc2)CC1. The molecule has 106 valence electrons. The van der Waals surface area contributed by atoms with Gasteiger partial charge in [-0.2, -0.15) is 0 Å². The summed E-state index contributed by atoms with van der Waals surface area (Å²) in [6, 6.07) is 10.5. The van der Waals surface area contributed by atoms with Crippen molar-refractivity contribution in [2.24, 2.45) is 5.92 Å². The molecule has 2 nitrogen and oxygen atoms in total. The number of aliphatic hydroxyl groups is 1. The molecule has 2 heteroatoms. The maximum Gasteiger partial charge on any atom is 0.0992 e. The Kier molecular flexibility index (Phi) is 5.00. The van der Waals surface area contributed by atoms with Crippen molar-refractivity contribution in [3.8, 4) is 0 Å². The first-order valence-electron chi connectivity index (χ1n) is 7.59. The predicted molar refractivity (Wildman–Crippen MR) is 80.1 cm³/mol. The van der Waals surface area contributed by atoms with Crippen molar-refractivity contribution in [3.05, 3.63) is 35.9 Å². The minimum atomic E-state index is -0.779. The summed E-state index contributed by atoms with van der Waals surface area (Å²) in [5, 5.41) is 14.1. The summed E-state index contributed by atoms with van der Waals surface area (Å²) < 4.78 is 0. The van der Waals surface area contributed by atoms with Gasteiger partial charge < -0.3 is 10.4 Å². The van der Waals surface area contributed by atoms with E-state index in [-0.39, 0.29) is 0 Å². The fourth-order valence-corrected chi connectivity index (χ4v) is 2.93. The fraction of sp³-hybridized carbons (Fsp3) is 0.647. The van der Waals surface area contributed by atoms with Gasteiger partial charge in [0.15, 0.2) is 0 Å². The third-order valence-corrected chi connectivity index (χ3v) is 4.39. The molecule has 1 fully saturated rings. The summed E-state index contributed by atoms with van der Waals surface area (Å²) in [5.74, 6) is 0.862. The summed E-state index contributed by atoms with van der Waals surface area (Å²) in [4.78, 5) is 0. The molecule has 1 aliphatic rings. The highest BCUT2D eigenvalue weighted by Gasteiger charge is 2.24. The fourth-order valence-electron chi connectivity index (χ4n) is 2.93. The van der Waals surface area contributed by atoms with Crippen LogP contribution in [0.4, 0.5) is 0 Å². The van der Waals surface area contributed by atoms with Crippen LogP contribution in [0.1, 0.15) is 51.5 Å². The zero-order valence-electron chi connectivity index (χ0n) is 12.2. The molecule has 19 heavy (non-hydrogen) atoms. The number of benzene rings is 1. The Morgan fingerprint density at radius 3 is 2.63 bits per heavy atom. The molecule has 3 atom stereocenters. The topological polar surface area (TPSA) is 32.3 Å². The van der Waals surface area contributed by atoms with E-state index >= 15 is 0 Å². The largest absolute Gasteiger partial charge is 0.384 e. The van der Waals surface area contributed by atoms with E-state index < -0.39 is 5.60 Å².